The lowest BCUT2D eigenvalue weighted by molar-refractivity contribution is -0.113. The molecule has 1 N–H and O–H groups in total. The van der Waals surface area contributed by atoms with Gasteiger partial charge in [-0.2, -0.15) is 5.10 Å². The summed E-state index contributed by atoms with van der Waals surface area (Å²) in [6, 6.07) is 17.2. The first-order valence-corrected chi connectivity index (χ1v) is 8.61. The van der Waals surface area contributed by atoms with Gasteiger partial charge in [0, 0.05) is 11.6 Å². The summed E-state index contributed by atoms with van der Waals surface area (Å²) < 4.78 is 12.6. The molecule has 0 saturated carbocycles. The maximum absolute atomic E-state index is 12.6. The van der Waals surface area contributed by atoms with Crippen LogP contribution in [0, 0.1) is 0 Å². The molecule has 6 nitrogen and oxygen atoms in total. The van der Waals surface area contributed by atoms with Gasteiger partial charge in [0.25, 0.3) is 5.91 Å². The number of hydrogen-bond donors (Lipinski definition) is 1. The molecule has 0 fully saturated rings. The van der Waals surface area contributed by atoms with E-state index in [4.69, 9.17) is 9.47 Å². The van der Waals surface area contributed by atoms with E-state index in [1.165, 1.54) is 0 Å². The van der Waals surface area contributed by atoms with Crippen molar-refractivity contribution in [2.24, 2.45) is 0 Å². The van der Waals surface area contributed by atoms with E-state index < -0.39 is 0 Å². The van der Waals surface area contributed by atoms with E-state index in [9.17, 15) is 4.79 Å². The molecule has 1 aromatic heterocycles. The second kappa shape index (κ2) is 7.37. The van der Waals surface area contributed by atoms with Crippen molar-refractivity contribution in [3.8, 4) is 11.5 Å². The topological polar surface area (TPSA) is 65.4 Å². The van der Waals surface area contributed by atoms with E-state index in [1.54, 1.807) is 24.1 Å². The van der Waals surface area contributed by atoms with Crippen LogP contribution in [0.2, 0.25) is 0 Å². The second-order valence-electron chi connectivity index (χ2n) is 6.17. The number of hydrogen-bond acceptors (Lipinski definition) is 4. The highest BCUT2D eigenvalue weighted by molar-refractivity contribution is 6.07. The van der Waals surface area contributed by atoms with Crippen LogP contribution in [0.4, 0.5) is 5.82 Å². The van der Waals surface area contributed by atoms with Crippen LogP contribution >= 0.6 is 0 Å². The standard InChI is InChI=1S/C21H19N3O3/c1-26-18-8-6-15(7-9-18)13-24-20(10-11-22-24)23-21(25)17-12-16-4-2-3-5-19(16)27-14-17/h2-12H,13-14H2,1H3,(H,23,25). The molecule has 0 atom stereocenters. The molecule has 1 amide bonds. The fourth-order valence-electron chi connectivity index (χ4n) is 2.91. The third kappa shape index (κ3) is 3.69. The molecule has 0 saturated heterocycles. The Labute approximate surface area is 157 Å². The van der Waals surface area contributed by atoms with Crippen LogP contribution in [-0.2, 0) is 11.3 Å². The molecule has 0 aliphatic carbocycles. The minimum Gasteiger partial charge on any atom is -0.497 e. The van der Waals surface area contributed by atoms with Crippen LogP contribution in [0.25, 0.3) is 6.08 Å². The number of aromatic nitrogens is 2. The summed E-state index contributed by atoms with van der Waals surface area (Å²) in [4.78, 5) is 12.6. The van der Waals surface area contributed by atoms with Gasteiger partial charge in [0.2, 0.25) is 0 Å². The van der Waals surface area contributed by atoms with Crippen molar-refractivity contribution in [3.05, 3.63) is 77.5 Å². The zero-order valence-electron chi connectivity index (χ0n) is 14.9. The Morgan fingerprint density at radius 1 is 1.19 bits per heavy atom. The van der Waals surface area contributed by atoms with Crippen molar-refractivity contribution in [2.75, 3.05) is 19.0 Å². The SMILES string of the molecule is COc1ccc(Cn2nccc2NC(=O)C2=Cc3ccccc3OC2)cc1. The highest BCUT2D eigenvalue weighted by Crippen LogP contribution is 2.26. The van der Waals surface area contributed by atoms with Crippen molar-refractivity contribution in [1.29, 1.82) is 0 Å². The molecule has 2 heterocycles. The summed E-state index contributed by atoms with van der Waals surface area (Å²) in [6.07, 6.45) is 3.53. The van der Waals surface area contributed by atoms with Gasteiger partial charge in [-0.1, -0.05) is 30.3 Å². The van der Waals surface area contributed by atoms with Gasteiger partial charge >= 0.3 is 0 Å². The van der Waals surface area contributed by atoms with Gasteiger partial charge in [-0.3, -0.25) is 4.79 Å². The van der Waals surface area contributed by atoms with E-state index in [0.717, 1.165) is 22.6 Å². The predicted molar refractivity (Wildman–Crippen MR) is 103 cm³/mol. The van der Waals surface area contributed by atoms with E-state index in [0.29, 0.717) is 17.9 Å². The minimum absolute atomic E-state index is 0.194. The first kappa shape index (κ1) is 16.9. The molecule has 136 valence electrons. The highest BCUT2D eigenvalue weighted by atomic mass is 16.5. The minimum atomic E-state index is -0.194. The number of ether oxygens (including phenoxy) is 2. The van der Waals surface area contributed by atoms with Gasteiger partial charge in [0.15, 0.2) is 0 Å². The molecule has 1 aliphatic rings. The number of nitrogens with zero attached hydrogens (tertiary/aromatic N) is 2. The number of fused-ring (bicyclic) bond motifs is 1. The van der Waals surface area contributed by atoms with Gasteiger partial charge in [0.05, 0.1) is 25.4 Å². The smallest absolute Gasteiger partial charge is 0.256 e. The molecule has 0 unspecified atom stereocenters. The molecule has 27 heavy (non-hydrogen) atoms. The van der Waals surface area contributed by atoms with Crippen molar-refractivity contribution in [2.45, 2.75) is 6.54 Å². The van der Waals surface area contributed by atoms with Gasteiger partial charge in [0.1, 0.15) is 23.9 Å². The predicted octanol–water partition coefficient (Wildman–Crippen LogP) is 3.35. The van der Waals surface area contributed by atoms with Crippen LogP contribution in [0.1, 0.15) is 11.1 Å². The van der Waals surface area contributed by atoms with Crippen LogP contribution < -0.4 is 14.8 Å². The Balaban J connectivity index is 1.48. The molecule has 2 aromatic carbocycles. The molecule has 0 bridgehead atoms. The largest absolute Gasteiger partial charge is 0.497 e. The van der Waals surface area contributed by atoms with Crippen molar-refractivity contribution < 1.29 is 14.3 Å². The first-order valence-electron chi connectivity index (χ1n) is 8.61. The molecular formula is C21H19N3O3. The number of methoxy groups -OCH3 is 1. The fourth-order valence-corrected chi connectivity index (χ4v) is 2.91. The van der Waals surface area contributed by atoms with E-state index >= 15 is 0 Å². The Morgan fingerprint density at radius 3 is 2.81 bits per heavy atom. The number of amides is 1. The summed E-state index contributed by atoms with van der Waals surface area (Å²) in [5, 5.41) is 7.23. The molecule has 6 heteroatoms. The van der Waals surface area contributed by atoms with Gasteiger partial charge in [-0.25, -0.2) is 4.68 Å². The molecule has 0 radical (unpaired) electrons. The number of para-hydroxylation sites is 1. The third-order valence-electron chi connectivity index (χ3n) is 4.37. The van der Waals surface area contributed by atoms with E-state index in [-0.39, 0.29) is 12.5 Å². The number of rotatable bonds is 5. The van der Waals surface area contributed by atoms with Crippen LogP contribution in [-0.4, -0.2) is 29.4 Å². The average molecular weight is 361 g/mol. The molecule has 0 spiro atoms. The van der Waals surface area contributed by atoms with Gasteiger partial charge in [-0.05, 0) is 29.8 Å². The Morgan fingerprint density at radius 2 is 2.00 bits per heavy atom. The Hall–Kier alpha value is -3.54. The van der Waals surface area contributed by atoms with Gasteiger partial charge < -0.3 is 14.8 Å². The number of carbonyl (C=O) groups is 1. The van der Waals surface area contributed by atoms with Crippen LogP contribution in [0.5, 0.6) is 11.5 Å². The van der Waals surface area contributed by atoms with Gasteiger partial charge in [-0.15, -0.1) is 0 Å². The molecule has 3 aromatic rings. The number of benzene rings is 2. The summed E-state index contributed by atoms with van der Waals surface area (Å²) >= 11 is 0. The van der Waals surface area contributed by atoms with E-state index in [2.05, 4.69) is 10.4 Å². The second-order valence-corrected chi connectivity index (χ2v) is 6.17. The van der Waals surface area contributed by atoms with E-state index in [1.807, 2.05) is 54.6 Å². The summed E-state index contributed by atoms with van der Waals surface area (Å²) in [5.41, 5.74) is 2.54. The first-order chi connectivity index (χ1) is 13.2. The quantitative estimate of drug-likeness (QED) is 0.757. The Bertz CT molecular complexity index is 990. The van der Waals surface area contributed by atoms with Crippen molar-refractivity contribution in [1.82, 2.24) is 9.78 Å². The average Bonchev–Trinajstić information content (AvgIpc) is 3.14. The van der Waals surface area contributed by atoms with Crippen LogP contribution in [0.3, 0.4) is 0 Å². The lowest BCUT2D eigenvalue weighted by Crippen LogP contribution is -2.23. The summed E-state index contributed by atoms with van der Waals surface area (Å²) in [7, 11) is 1.64. The number of carbonyl (C=O) groups excluding carboxylic acids is 1. The third-order valence-corrected chi connectivity index (χ3v) is 4.37. The summed E-state index contributed by atoms with van der Waals surface area (Å²) in [6.45, 7) is 0.792. The lowest BCUT2D eigenvalue weighted by atomic mass is 10.1. The number of nitrogens with one attached hydrogen (secondary N) is 1. The lowest BCUT2D eigenvalue weighted by Gasteiger charge is -2.17. The maximum Gasteiger partial charge on any atom is 0.256 e. The van der Waals surface area contributed by atoms with Crippen molar-refractivity contribution in [3.63, 3.8) is 0 Å². The fraction of sp³-hybridized carbons (Fsp3) is 0.143. The molecule has 4 rings (SSSR count). The number of anilines is 1. The highest BCUT2D eigenvalue weighted by Gasteiger charge is 2.18. The van der Waals surface area contributed by atoms with Crippen molar-refractivity contribution >= 4 is 17.8 Å². The Kier molecular flexibility index (Phi) is 4.61. The zero-order valence-corrected chi connectivity index (χ0v) is 14.9. The maximum atomic E-state index is 12.6. The molecular weight excluding hydrogens is 342 g/mol. The normalized spacial score (nSPS) is 12.6. The molecule has 1 aliphatic heterocycles. The monoisotopic (exact) mass is 361 g/mol. The van der Waals surface area contributed by atoms with Crippen LogP contribution in [0.15, 0.2) is 66.4 Å². The zero-order chi connectivity index (χ0) is 18.6. The summed E-state index contributed by atoms with van der Waals surface area (Å²) in [5.74, 6) is 2.03.